The minimum absolute atomic E-state index is 0.657. The number of fused-ring (bicyclic) bond motifs is 12. The van der Waals surface area contributed by atoms with E-state index < -0.39 is 0 Å². The molecule has 4 nitrogen and oxygen atoms in total. The third-order valence-corrected chi connectivity index (χ3v) is 9.29. The Morgan fingerprint density at radius 2 is 0.913 bits per heavy atom. The van der Waals surface area contributed by atoms with Crippen molar-refractivity contribution in [2.75, 3.05) is 0 Å². The molecule has 4 heteroatoms. The van der Waals surface area contributed by atoms with E-state index in [0.717, 1.165) is 33.5 Å². The van der Waals surface area contributed by atoms with Gasteiger partial charge >= 0.3 is 0 Å². The van der Waals surface area contributed by atoms with E-state index >= 15 is 0 Å². The molecule has 214 valence electrons. The van der Waals surface area contributed by atoms with Gasteiger partial charge in [-0.15, -0.1) is 0 Å². The largest absolute Gasteiger partial charge is 0.309 e. The number of para-hydroxylation sites is 3. The first-order valence-electron chi connectivity index (χ1n) is 15.6. The second-order valence-corrected chi connectivity index (χ2v) is 11.8. The molecule has 0 aliphatic heterocycles. The van der Waals surface area contributed by atoms with Crippen molar-refractivity contribution in [3.63, 3.8) is 0 Å². The van der Waals surface area contributed by atoms with Crippen molar-refractivity contribution in [3.8, 4) is 28.5 Å². The molecule has 4 aromatic heterocycles. The van der Waals surface area contributed by atoms with Gasteiger partial charge in [0.2, 0.25) is 5.95 Å². The molecule has 4 heterocycles. The van der Waals surface area contributed by atoms with Crippen LogP contribution in [0.5, 0.6) is 0 Å². The predicted octanol–water partition coefficient (Wildman–Crippen LogP) is 10.6. The molecule has 0 aliphatic carbocycles. The number of hydrogen-bond acceptors (Lipinski definition) is 2. The summed E-state index contributed by atoms with van der Waals surface area (Å²) < 4.78 is 4.66. The van der Waals surface area contributed by atoms with Gasteiger partial charge in [-0.1, -0.05) is 121 Å². The number of pyridine rings is 1. The molecule has 0 saturated heterocycles. The molecule has 0 amide bonds. The summed E-state index contributed by atoms with van der Waals surface area (Å²) in [4.78, 5) is 10.5. The molecule has 0 aliphatic rings. The summed E-state index contributed by atoms with van der Waals surface area (Å²) in [6.07, 6.45) is 0. The first-order chi connectivity index (χ1) is 22.8. The normalized spacial score (nSPS) is 11.9. The van der Waals surface area contributed by atoms with Crippen molar-refractivity contribution in [1.29, 1.82) is 0 Å². The van der Waals surface area contributed by atoms with Crippen LogP contribution in [0.2, 0.25) is 0 Å². The monoisotopic (exact) mass is 586 g/mol. The Morgan fingerprint density at radius 3 is 1.61 bits per heavy atom. The molecule has 10 aromatic rings. The second kappa shape index (κ2) is 9.62. The molecule has 10 rings (SSSR count). The maximum atomic E-state index is 5.24. The third kappa shape index (κ3) is 3.55. The topological polar surface area (TPSA) is 35.1 Å². The van der Waals surface area contributed by atoms with Crippen LogP contribution >= 0.6 is 0 Å². The fourth-order valence-electron chi connectivity index (χ4n) is 7.31. The van der Waals surface area contributed by atoms with E-state index in [9.17, 15) is 0 Å². The highest BCUT2D eigenvalue weighted by Gasteiger charge is 2.21. The zero-order valence-electron chi connectivity index (χ0n) is 24.8. The van der Waals surface area contributed by atoms with Gasteiger partial charge in [-0.3, -0.25) is 4.57 Å². The molecule has 46 heavy (non-hydrogen) atoms. The molecule has 6 aromatic carbocycles. The Bertz CT molecular complexity index is 2730. The van der Waals surface area contributed by atoms with E-state index in [1.54, 1.807) is 0 Å². The Morgan fingerprint density at radius 1 is 0.370 bits per heavy atom. The average molecular weight is 587 g/mol. The Kier molecular flexibility index (Phi) is 5.25. The first kappa shape index (κ1) is 25.1. The molecule has 0 unspecified atom stereocenters. The number of rotatable bonds is 3. The second-order valence-electron chi connectivity index (χ2n) is 11.8. The van der Waals surface area contributed by atoms with Gasteiger partial charge in [0.25, 0.3) is 0 Å². The van der Waals surface area contributed by atoms with Gasteiger partial charge in [0, 0.05) is 43.4 Å². The maximum Gasteiger partial charge on any atom is 0.235 e. The minimum Gasteiger partial charge on any atom is -0.309 e. The fourth-order valence-corrected chi connectivity index (χ4v) is 7.31. The lowest BCUT2D eigenvalue weighted by Crippen LogP contribution is -2.04. The summed E-state index contributed by atoms with van der Waals surface area (Å²) in [6, 6.07) is 55.8. The van der Waals surface area contributed by atoms with E-state index in [0.29, 0.717) is 5.95 Å². The number of hydrogen-bond donors (Lipinski definition) is 0. The summed E-state index contributed by atoms with van der Waals surface area (Å²) in [6.45, 7) is 0. The van der Waals surface area contributed by atoms with Crippen LogP contribution in [0.4, 0.5) is 0 Å². The van der Waals surface area contributed by atoms with Crippen LogP contribution < -0.4 is 0 Å². The van der Waals surface area contributed by atoms with Gasteiger partial charge < -0.3 is 4.40 Å². The number of benzene rings is 6. The Hall–Kier alpha value is -6.26. The fraction of sp³-hybridized carbons (Fsp3) is 0. The average Bonchev–Trinajstić information content (AvgIpc) is 3.69. The Labute approximate surface area is 264 Å². The molecule has 0 fully saturated rings. The van der Waals surface area contributed by atoms with Crippen LogP contribution in [0.25, 0.3) is 88.4 Å². The summed E-state index contributed by atoms with van der Waals surface area (Å²) in [5.41, 5.74) is 9.70. The smallest absolute Gasteiger partial charge is 0.235 e. The molecule has 0 spiro atoms. The van der Waals surface area contributed by atoms with Crippen molar-refractivity contribution < 1.29 is 0 Å². The highest BCUT2D eigenvalue weighted by Crippen LogP contribution is 2.42. The SMILES string of the molecule is c1ccc(-c2cc(-c3ccccc3)nc(-n3c4ccccc4c4c5c6ccccc6n6c7ccccc7cc6c5ccc43)n2)cc1. The van der Waals surface area contributed by atoms with E-state index in [1.165, 1.54) is 48.9 Å². The summed E-state index contributed by atoms with van der Waals surface area (Å²) in [5.74, 6) is 0.657. The van der Waals surface area contributed by atoms with Crippen LogP contribution in [-0.2, 0) is 0 Å². The van der Waals surface area contributed by atoms with Gasteiger partial charge in [0.05, 0.1) is 39.0 Å². The summed E-state index contributed by atoms with van der Waals surface area (Å²) in [5, 5.41) is 7.34. The molecular weight excluding hydrogens is 560 g/mol. The van der Waals surface area contributed by atoms with Gasteiger partial charge in [-0.2, -0.15) is 0 Å². The predicted molar refractivity (Wildman–Crippen MR) is 191 cm³/mol. The summed E-state index contributed by atoms with van der Waals surface area (Å²) >= 11 is 0. The van der Waals surface area contributed by atoms with Gasteiger partial charge in [-0.25, -0.2) is 9.97 Å². The van der Waals surface area contributed by atoms with E-state index in [-0.39, 0.29) is 0 Å². The highest BCUT2D eigenvalue weighted by molar-refractivity contribution is 6.31. The van der Waals surface area contributed by atoms with E-state index in [1.807, 2.05) is 12.1 Å². The number of nitrogens with zero attached hydrogens (tertiary/aromatic N) is 4. The molecule has 0 saturated carbocycles. The quantitative estimate of drug-likeness (QED) is 0.193. The number of aromatic nitrogens is 4. The van der Waals surface area contributed by atoms with Crippen molar-refractivity contribution in [2.45, 2.75) is 0 Å². The van der Waals surface area contributed by atoms with E-state index in [4.69, 9.17) is 9.97 Å². The first-order valence-corrected chi connectivity index (χ1v) is 15.6. The van der Waals surface area contributed by atoms with Crippen LogP contribution in [0.1, 0.15) is 0 Å². The van der Waals surface area contributed by atoms with Crippen LogP contribution in [-0.4, -0.2) is 18.9 Å². The van der Waals surface area contributed by atoms with Gasteiger partial charge in [-0.05, 0) is 36.4 Å². The zero-order chi connectivity index (χ0) is 30.2. The van der Waals surface area contributed by atoms with Crippen LogP contribution in [0.15, 0.2) is 158 Å². The van der Waals surface area contributed by atoms with E-state index in [2.05, 4.69) is 155 Å². The van der Waals surface area contributed by atoms with Crippen LogP contribution in [0.3, 0.4) is 0 Å². The van der Waals surface area contributed by atoms with Crippen molar-refractivity contribution >= 4 is 59.9 Å². The maximum absolute atomic E-state index is 5.24. The van der Waals surface area contributed by atoms with Crippen molar-refractivity contribution in [1.82, 2.24) is 18.9 Å². The van der Waals surface area contributed by atoms with Crippen molar-refractivity contribution in [3.05, 3.63) is 158 Å². The zero-order valence-corrected chi connectivity index (χ0v) is 24.8. The lowest BCUT2D eigenvalue weighted by Gasteiger charge is -2.13. The van der Waals surface area contributed by atoms with Gasteiger partial charge in [0.15, 0.2) is 0 Å². The summed E-state index contributed by atoms with van der Waals surface area (Å²) in [7, 11) is 0. The van der Waals surface area contributed by atoms with Gasteiger partial charge in [0.1, 0.15) is 0 Å². The highest BCUT2D eigenvalue weighted by atomic mass is 15.2. The van der Waals surface area contributed by atoms with Crippen molar-refractivity contribution in [2.24, 2.45) is 0 Å². The molecular formula is C42H26N4. The third-order valence-electron chi connectivity index (χ3n) is 9.29. The lowest BCUT2D eigenvalue weighted by molar-refractivity contribution is 0.996. The molecule has 0 atom stereocenters. The Balaban J connectivity index is 1.37. The standard InChI is InChI=1S/C42H26N4/c1-3-13-27(14-4-1)33-26-34(28-15-5-2-6-16-28)44-42(43-33)46-37-22-12-9-19-31(37)41-38(46)24-23-32-39-25-29-17-7-10-20-35(29)45(39)36-21-11-8-18-30(36)40(32)41/h1-26H. The molecule has 0 radical (unpaired) electrons. The lowest BCUT2D eigenvalue weighted by atomic mass is 9.99. The molecule has 0 N–H and O–H groups in total. The minimum atomic E-state index is 0.657. The van der Waals surface area contributed by atoms with Crippen LogP contribution in [0, 0.1) is 0 Å². The molecule has 0 bridgehead atoms.